The van der Waals surface area contributed by atoms with Gasteiger partial charge in [0.1, 0.15) is 0 Å². The van der Waals surface area contributed by atoms with Crippen LogP contribution in [0.2, 0.25) is 0 Å². The van der Waals surface area contributed by atoms with Crippen molar-refractivity contribution in [2.75, 3.05) is 0 Å². The highest BCUT2D eigenvalue weighted by Crippen LogP contribution is 2.66. The third kappa shape index (κ3) is 7.61. The molecule has 0 aliphatic carbocycles. The van der Waals surface area contributed by atoms with Gasteiger partial charge in [0.15, 0.2) is 0 Å². The SMILES string of the molecule is c1csc(-c2sc(-c3sc(-c4sc(-c5sc(-c6cccs6)c(-c6cccs6)c5-c5cccs5)c(-c5cccs5)c4-c4cccs4)c(-c4cccs4)c3-c3cccs3)c(-c3cccs3)c2-c2cccs2)c1. The Morgan fingerprint density at radius 2 is 0.300 bits per heavy atom. The maximum Gasteiger partial charge on any atom is 0.0549 e. The molecule has 0 N–H and O–H groups in total. The smallest absolute Gasteiger partial charge is 0.0549 e. The highest BCUT2D eigenvalue weighted by molar-refractivity contribution is 7.34. The molecule has 0 radical (unpaired) electrons. The Bertz CT molecular complexity index is 3670. The van der Waals surface area contributed by atoms with Crippen LogP contribution in [0.1, 0.15) is 0 Å². The summed E-state index contributed by atoms with van der Waals surface area (Å²) in [5, 5.41) is 22.4. The molecule has 70 heavy (non-hydrogen) atoms. The lowest BCUT2D eigenvalue weighted by molar-refractivity contribution is 1.78. The molecule has 0 unspecified atom stereocenters. The summed E-state index contributed by atoms with van der Waals surface area (Å²) in [6.07, 6.45) is 0. The first-order chi connectivity index (χ1) is 34.8. The fourth-order valence-corrected chi connectivity index (χ4v) is 23.3. The monoisotopic (exact) mass is 1150 g/mol. The summed E-state index contributed by atoms with van der Waals surface area (Å²) in [6, 6.07) is 45.5. The first-order valence-electron chi connectivity index (χ1n) is 21.8. The normalized spacial score (nSPS) is 11.7. The maximum atomic E-state index is 2.36. The second kappa shape index (κ2) is 19.0. The zero-order valence-corrected chi connectivity index (χ0v) is 47.5. The molecule has 338 valence electrons. The summed E-state index contributed by atoms with van der Waals surface area (Å²) in [4.78, 5) is 23.8. The van der Waals surface area contributed by atoms with Gasteiger partial charge in [0.2, 0.25) is 0 Å². The largest absolute Gasteiger partial charge is 0.144 e. The molecule has 0 aromatic carbocycles. The molecule has 14 heterocycles. The molecule has 0 saturated heterocycles. The molecular formula is C56H30S14. The van der Waals surface area contributed by atoms with Crippen LogP contribution < -0.4 is 0 Å². The Morgan fingerprint density at radius 3 is 0.457 bits per heavy atom. The van der Waals surface area contributed by atoms with Crippen molar-refractivity contribution in [2.45, 2.75) is 0 Å². The van der Waals surface area contributed by atoms with E-state index in [4.69, 9.17) is 0 Å². The van der Waals surface area contributed by atoms with Gasteiger partial charge in [-0.15, -0.1) is 159 Å². The van der Waals surface area contributed by atoms with E-state index >= 15 is 0 Å². The molecule has 0 aliphatic heterocycles. The summed E-state index contributed by atoms with van der Waals surface area (Å²) in [5.41, 5.74) is 10.8. The average Bonchev–Trinajstić information content (AvgIpc) is 4.23. The van der Waals surface area contributed by atoms with Gasteiger partial charge in [-0.1, -0.05) is 60.7 Å². The predicted molar refractivity (Wildman–Crippen MR) is 327 cm³/mol. The Morgan fingerprint density at radius 1 is 0.157 bits per heavy atom. The zero-order valence-electron chi connectivity index (χ0n) is 36.0. The summed E-state index contributed by atoms with van der Waals surface area (Å²) in [7, 11) is 0. The van der Waals surface area contributed by atoms with Crippen molar-refractivity contribution in [3.63, 3.8) is 0 Å². The minimum atomic E-state index is 1.30. The predicted octanol–water partition coefficient (Wildman–Crippen LogP) is 24.2. The number of thiophene rings is 14. The Balaban J connectivity index is 1.13. The Hall–Kier alpha value is -4.20. The van der Waals surface area contributed by atoms with Gasteiger partial charge in [0.05, 0.1) is 39.0 Å². The van der Waals surface area contributed by atoms with E-state index in [9.17, 15) is 0 Å². The van der Waals surface area contributed by atoms with E-state index in [0.29, 0.717) is 0 Å². The standard InChI is InChI=1S/C56H30S14/c1-11-31(57-21-1)41-43(33-13-3-23-59-33)51(67-49(41)39-19-9-29-65-39)53-45(35-15-5-25-61-35)47(37-17-7-27-63-37)55(69-53)56-48(38-18-8-28-64-38)46(36-16-6-26-62-36)54(70-56)52-44(34-14-4-24-60-34)42(32-12-2-22-58-32)50(68-52)40-20-10-30-66-40/h1-30H. The van der Waals surface area contributed by atoms with Crippen LogP contribution >= 0.6 is 159 Å². The van der Waals surface area contributed by atoms with Gasteiger partial charge >= 0.3 is 0 Å². The maximum absolute atomic E-state index is 2.36. The lowest BCUT2D eigenvalue weighted by Gasteiger charge is -2.09. The van der Waals surface area contributed by atoms with E-state index in [1.807, 2.05) is 159 Å². The molecule has 14 aromatic rings. The van der Waals surface area contributed by atoms with E-state index < -0.39 is 0 Å². The van der Waals surface area contributed by atoms with Gasteiger partial charge in [-0.3, -0.25) is 0 Å². The van der Waals surface area contributed by atoms with E-state index in [2.05, 4.69) is 175 Å². The molecule has 0 saturated carbocycles. The molecule has 14 aromatic heterocycles. The minimum absolute atomic E-state index is 1.30. The van der Waals surface area contributed by atoms with Gasteiger partial charge in [-0.05, 0) is 114 Å². The number of hydrogen-bond donors (Lipinski definition) is 0. The third-order valence-electron chi connectivity index (χ3n) is 11.9. The third-order valence-corrected chi connectivity index (χ3v) is 26.3. The van der Waals surface area contributed by atoms with Gasteiger partial charge in [0, 0.05) is 93.3 Å². The topological polar surface area (TPSA) is 0 Å². The highest BCUT2D eigenvalue weighted by atomic mass is 32.2. The molecule has 0 nitrogen and oxygen atoms in total. The summed E-state index contributed by atoms with van der Waals surface area (Å²) < 4.78 is 0. The van der Waals surface area contributed by atoms with E-state index in [0.717, 1.165) is 0 Å². The number of rotatable bonds is 13. The van der Waals surface area contributed by atoms with Crippen molar-refractivity contribution >= 4 is 159 Å². The molecular weight excluding hydrogens is 1120 g/mol. The molecule has 14 heteroatoms. The fourth-order valence-electron chi connectivity index (χ4n) is 9.09. The molecule has 0 aliphatic rings. The minimum Gasteiger partial charge on any atom is -0.144 e. The second-order valence-electron chi connectivity index (χ2n) is 15.8. The van der Waals surface area contributed by atoms with Crippen molar-refractivity contribution in [2.24, 2.45) is 0 Å². The molecule has 14 rings (SSSR count). The van der Waals surface area contributed by atoms with Crippen LogP contribution in [0.4, 0.5) is 0 Å². The summed E-state index contributed by atoms with van der Waals surface area (Å²) in [6.45, 7) is 0. The van der Waals surface area contributed by atoms with E-state index in [-0.39, 0.29) is 0 Å². The first kappa shape index (κ1) is 44.5. The van der Waals surface area contributed by atoms with Crippen molar-refractivity contribution in [1.82, 2.24) is 0 Å². The van der Waals surface area contributed by atoms with Crippen LogP contribution in [0.3, 0.4) is 0 Å². The quantitative estimate of drug-likeness (QED) is 0.108. The van der Waals surface area contributed by atoms with Gasteiger partial charge in [-0.25, -0.2) is 0 Å². The summed E-state index contributed by atoms with van der Waals surface area (Å²) >= 11 is 26.5. The molecule has 0 fully saturated rings. The van der Waals surface area contributed by atoms with Gasteiger partial charge < -0.3 is 0 Å². The Labute approximate surface area is 460 Å². The zero-order chi connectivity index (χ0) is 46.1. The van der Waals surface area contributed by atoms with Crippen LogP contribution in [0.15, 0.2) is 175 Å². The Kier molecular flexibility index (Phi) is 12.1. The van der Waals surface area contributed by atoms with Crippen LogP contribution in [-0.4, -0.2) is 0 Å². The van der Waals surface area contributed by atoms with Crippen molar-refractivity contribution < 1.29 is 0 Å². The number of hydrogen-bond acceptors (Lipinski definition) is 14. The highest BCUT2D eigenvalue weighted by Gasteiger charge is 2.36. The fraction of sp³-hybridized carbons (Fsp3) is 0. The van der Waals surface area contributed by atoms with Gasteiger partial charge in [-0.2, -0.15) is 0 Å². The van der Waals surface area contributed by atoms with E-state index in [1.165, 1.54) is 132 Å². The van der Waals surface area contributed by atoms with Crippen LogP contribution in [0.5, 0.6) is 0 Å². The average molecular weight is 1150 g/mol. The molecule has 0 spiro atoms. The van der Waals surface area contributed by atoms with Crippen molar-refractivity contribution in [3.05, 3.63) is 175 Å². The van der Waals surface area contributed by atoms with Crippen LogP contribution in [-0.2, 0) is 0 Å². The lowest BCUT2D eigenvalue weighted by Crippen LogP contribution is -1.83. The van der Waals surface area contributed by atoms with Crippen LogP contribution in [0, 0.1) is 0 Å². The molecule has 0 amide bonds. The van der Waals surface area contributed by atoms with Crippen molar-refractivity contribution in [1.29, 1.82) is 0 Å². The van der Waals surface area contributed by atoms with Crippen molar-refractivity contribution in [3.8, 4) is 132 Å². The van der Waals surface area contributed by atoms with Crippen LogP contribution in [0.25, 0.3) is 132 Å². The summed E-state index contributed by atoms with van der Waals surface area (Å²) in [5.74, 6) is 0. The first-order valence-corrected chi connectivity index (χ1v) is 33.9. The molecule has 0 atom stereocenters. The lowest BCUT2D eigenvalue weighted by atomic mass is 9.97. The second-order valence-corrected chi connectivity index (χ2v) is 29.4. The van der Waals surface area contributed by atoms with Gasteiger partial charge in [0.25, 0.3) is 0 Å². The van der Waals surface area contributed by atoms with E-state index in [1.54, 1.807) is 0 Å². The molecule has 0 bridgehead atoms.